The number of thioether (sulfide) groups is 1. The molecule has 1 aromatic carbocycles. The number of likely N-dealkylation sites (tertiary alicyclic amines) is 1. The van der Waals surface area contributed by atoms with Crippen LogP contribution in [0.2, 0.25) is 5.02 Å². The first-order valence-corrected chi connectivity index (χ1v) is 8.42. The average molecular weight is 328 g/mol. The number of aliphatic carboxylic acids is 1. The van der Waals surface area contributed by atoms with Gasteiger partial charge in [-0.1, -0.05) is 23.7 Å². The second-order valence-electron chi connectivity index (χ2n) is 5.14. The standard InChI is InChI=1S/C15H18ClNO3S/c16-13-5-3-11(4-6-13)9-21-10-14(18)17-7-1-2-12(8-17)15(19)20/h3-6,12H,1-2,7-10H2,(H,19,20)/t12-/m0/s1. The Balaban J connectivity index is 1.76. The number of carboxylic acid groups (broad SMARTS) is 1. The first-order chi connectivity index (χ1) is 10.1. The van der Waals surface area contributed by atoms with E-state index in [-0.39, 0.29) is 5.91 Å². The molecule has 1 atom stereocenters. The molecule has 0 radical (unpaired) electrons. The quantitative estimate of drug-likeness (QED) is 0.903. The van der Waals surface area contributed by atoms with Gasteiger partial charge in [-0.3, -0.25) is 9.59 Å². The van der Waals surface area contributed by atoms with Crippen molar-refractivity contribution < 1.29 is 14.7 Å². The number of rotatable bonds is 5. The maximum atomic E-state index is 12.1. The Morgan fingerprint density at radius 3 is 2.71 bits per heavy atom. The predicted octanol–water partition coefficient (Wildman–Crippen LogP) is 2.90. The van der Waals surface area contributed by atoms with E-state index in [1.807, 2.05) is 24.3 Å². The van der Waals surface area contributed by atoms with E-state index in [9.17, 15) is 9.59 Å². The highest BCUT2D eigenvalue weighted by atomic mass is 35.5. The first-order valence-electron chi connectivity index (χ1n) is 6.89. The molecule has 1 saturated heterocycles. The van der Waals surface area contributed by atoms with E-state index in [1.165, 1.54) is 0 Å². The van der Waals surface area contributed by atoms with Gasteiger partial charge in [0.05, 0.1) is 11.7 Å². The van der Waals surface area contributed by atoms with E-state index in [0.29, 0.717) is 30.3 Å². The molecule has 0 saturated carbocycles. The third kappa shape index (κ3) is 4.93. The highest BCUT2D eigenvalue weighted by molar-refractivity contribution is 7.99. The van der Waals surface area contributed by atoms with Crippen molar-refractivity contribution in [3.63, 3.8) is 0 Å². The zero-order chi connectivity index (χ0) is 15.2. The Bertz CT molecular complexity index is 506. The molecule has 0 spiro atoms. The molecule has 0 aliphatic carbocycles. The van der Waals surface area contributed by atoms with Crippen LogP contribution in [-0.2, 0) is 15.3 Å². The fourth-order valence-corrected chi connectivity index (χ4v) is 3.35. The van der Waals surface area contributed by atoms with Crippen molar-refractivity contribution in [1.29, 1.82) is 0 Å². The van der Waals surface area contributed by atoms with Crippen molar-refractivity contribution in [1.82, 2.24) is 4.90 Å². The summed E-state index contributed by atoms with van der Waals surface area (Å²) in [5.74, 6) is -0.0566. The molecule has 114 valence electrons. The average Bonchev–Trinajstić information content (AvgIpc) is 2.49. The van der Waals surface area contributed by atoms with Crippen LogP contribution in [0.15, 0.2) is 24.3 Å². The third-order valence-corrected chi connectivity index (χ3v) is 4.77. The predicted molar refractivity (Wildman–Crippen MR) is 84.6 cm³/mol. The lowest BCUT2D eigenvalue weighted by Gasteiger charge is -2.30. The fraction of sp³-hybridized carbons (Fsp3) is 0.467. The molecule has 1 heterocycles. The van der Waals surface area contributed by atoms with Gasteiger partial charge >= 0.3 is 5.97 Å². The maximum absolute atomic E-state index is 12.1. The third-order valence-electron chi connectivity index (χ3n) is 3.53. The minimum atomic E-state index is -0.804. The number of benzene rings is 1. The molecular formula is C15H18ClNO3S. The Kier molecular flexibility index (Phi) is 5.94. The van der Waals surface area contributed by atoms with Crippen LogP contribution in [0.3, 0.4) is 0 Å². The number of carboxylic acids is 1. The second kappa shape index (κ2) is 7.71. The number of hydrogen-bond acceptors (Lipinski definition) is 3. The topological polar surface area (TPSA) is 57.6 Å². The summed E-state index contributed by atoms with van der Waals surface area (Å²) in [5, 5.41) is 9.73. The molecule has 1 N–H and O–H groups in total. The molecular weight excluding hydrogens is 310 g/mol. The summed E-state index contributed by atoms with van der Waals surface area (Å²) in [6.45, 7) is 1.01. The van der Waals surface area contributed by atoms with Gasteiger partial charge in [-0.05, 0) is 30.5 Å². The van der Waals surface area contributed by atoms with Crippen molar-refractivity contribution in [3.05, 3.63) is 34.9 Å². The van der Waals surface area contributed by atoms with Crippen LogP contribution in [0.25, 0.3) is 0 Å². The number of halogens is 1. The monoisotopic (exact) mass is 327 g/mol. The minimum absolute atomic E-state index is 0.0277. The van der Waals surface area contributed by atoms with Gasteiger partial charge in [0, 0.05) is 23.9 Å². The number of amides is 1. The van der Waals surface area contributed by atoms with Gasteiger partial charge in [-0.2, -0.15) is 0 Å². The van der Waals surface area contributed by atoms with Gasteiger partial charge < -0.3 is 10.0 Å². The second-order valence-corrected chi connectivity index (χ2v) is 6.56. The van der Waals surface area contributed by atoms with Gasteiger partial charge in [0.2, 0.25) is 5.91 Å². The molecule has 0 aromatic heterocycles. The van der Waals surface area contributed by atoms with Gasteiger partial charge in [0.1, 0.15) is 0 Å². The highest BCUT2D eigenvalue weighted by Gasteiger charge is 2.27. The van der Waals surface area contributed by atoms with E-state index in [0.717, 1.165) is 17.7 Å². The minimum Gasteiger partial charge on any atom is -0.481 e. The van der Waals surface area contributed by atoms with E-state index in [1.54, 1.807) is 16.7 Å². The molecule has 0 unspecified atom stereocenters. The largest absolute Gasteiger partial charge is 0.481 e. The summed E-state index contributed by atoms with van der Waals surface area (Å²) in [4.78, 5) is 24.8. The Hall–Kier alpha value is -1.20. The molecule has 21 heavy (non-hydrogen) atoms. The van der Waals surface area contributed by atoms with E-state index < -0.39 is 11.9 Å². The van der Waals surface area contributed by atoms with Crippen molar-refractivity contribution in [3.8, 4) is 0 Å². The van der Waals surface area contributed by atoms with Crippen LogP contribution >= 0.6 is 23.4 Å². The summed E-state index contributed by atoms with van der Waals surface area (Å²) in [6, 6.07) is 7.56. The summed E-state index contributed by atoms with van der Waals surface area (Å²) >= 11 is 7.36. The van der Waals surface area contributed by atoms with Crippen LogP contribution in [0.5, 0.6) is 0 Å². The highest BCUT2D eigenvalue weighted by Crippen LogP contribution is 2.19. The summed E-state index contributed by atoms with van der Waals surface area (Å²) in [6.07, 6.45) is 1.43. The molecule has 4 nitrogen and oxygen atoms in total. The number of nitrogens with zero attached hydrogens (tertiary/aromatic N) is 1. The number of hydrogen-bond donors (Lipinski definition) is 1. The van der Waals surface area contributed by atoms with Gasteiger partial charge in [0.15, 0.2) is 0 Å². The molecule has 6 heteroatoms. The number of carbonyl (C=O) groups is 2. The summed E-state index contributed by atoms with van der Waals surface area (Å²) in [7, 11) is 0. The number of carbonyl (C=O) groups excluding carboxylic acids is 1. The van der Waals surface area contributed by atoms with Crippen LogP contribution in [0.4, 0.5) is 0 Å². The lowest BCUT2D eigenvalue weighted by Crippen LogP contribution is -2.43. The zero-order valence-electron chi connectivity index (χ0n) is 11.6. The Labute approximate surface area is 133 Å². The summed E-state index contributed by atoms with van der Waals surface area (Å²) < 4.78 is 0. The van der Waals surface area contributed by atoms with Crippen molar-refractivity contribution in [2.45, 2.75) is 18.6 Å². The summed E-state index contributed by atoms with van der Waals surface area (Å²) in [5.41, 5.74) is 1.12. The van der Waals surface area contributed by atoms with Crippen LogP contribution in [0, 0.1) is 5.92 Å². The fourth-order valence-electron chi connectivity index (χ4n) is 2.33. The Morgan fingerprint density at radius 1 is 1.33 bits per heavy atom. The lowest BCUT2D eigenvalue weighted by atomic mass is 9.98. The van der Waals surface area contributed by atoms with Crippen molar-refractivity contribution in [2.75, 3.05) is 18.8 Å². The first kappa shape index (κ1) is 16.2. The van der Waals surface area contributed by atoms with Crippen molar-refractivity contribution in [2.24, 2.45) is 5.92 Å². The van der Waals surface area contributed by atoms with Gasteiger partial charge in [-0.15, -0.1) is 11.8 Å². The maximum Gasteiger partial charge on any atom is 0.308 e. The van der Waals surface area contributed by atoms with E-state index in [2.05, 4.69) is 0 Å². The smallest absolute Gasteiger partial charge is 0.308 e. The molecule has 0 bridgehead atoms. The van der Waals surface area contributed by atoms with Crippen LogP contribution < -0.4 is 0 Å². The molecule has 1 fully saturated rings. The Morgan fingerprint density at radius 2 is 2.05 bits per heavy atom. The lowest BCUT2D eigenvalue weighted by molar-refractivity contribution is -0.145. The van der Waals surface area contributed by atoms with E-state index in [4.69, 9.17) is 16.7 Å². The van der Waals surface area contributed by atoms with Crippen molar-refractivity contribution >= 4 is 35.2 Å². The molecule has 1 aromatic rings. The van der Waals surface area contributed by atoms with Crippen LogP contribution in [0.1, 0.15) is 18.4 Å². The van der Waals surface area contributed by atoms with Gasteiger partial charge in [0.25, 0.3) is 0 Å². The SMILES string of the molecule is O=C(O)[C@H]1CCCN(C(=O)CSCc2ccc(Cl)cc2)C1. The molecule has 1 aliphatic heterocycles. The molecule has 2 rings (SSSR count). The normalized spacial score (nSPS) is 18.5. The molecule has 1 amide bonds. The zero-order valence-corrected chi connectivity index (χ0v) is 13.2. The number of piperidine rings is 1. The van der Waals surface area contributed by atoms with Crippen LogP contribution in [-0.4, -0.2) is 40.7 Å². The molecule has 1 aliphatic rings. The van der Waals surface area contributed by atoms with Gasteiger partial charge in [-0.25, -0.2) is 0 Å². The van der Waals surface area contributed by atoms with E-state index >= 15 is 0 Å².